The average molecular weight is 439 g/mol. The molecule has 0 atom stereocenters. The van der Waals surface area contributed by atoms with E-state index in [9.17, 15) is 4.79 Å². The number of hydrogen-bond acceptors (Lipinski definition) is 5. The molecule has 7 nitrogen and oxygen atoms in total. The number of carbonyl (C=O) groups is 1. The molecule has 2 aromatic heterocycles. The van der Waals surface area contributed by atoms with Crippen LogP contribution in [0.4, 0.5) is 5.82 Å². The zero-order chi connectivity index (χ0) is 22.2. The molecule has 2 aliphatic heterocycles. The Morgan fingerprint density at radius 3 is 2.45 bits per heavy atom. The third kappa shape index (κ3) is 3.85. The SMILES string of the molecule is O=C(c1ccc2nc(-c3ccccc3)[nH]c2c1)N1CC(N2CCN(c3ccccn3)CC2)C1. The van der Waals surface area contributed by atoms with Gasteiger partial charge in [0, 0.05) is 62.6 Å². The van der Waals surface area contributed by atoms with E-state index in [1.165, 1.54) is 0 Å². The normalized spacial score (nSPS) is 17.3. The lowest BCUT2D eigenvalue weighted by molar-refractivity contribution is 0.0246. The second-order valence-corrected chi connectivity index (χ2v) is 8.76. The Morgan fingerprint density at radius 1 is 0.909 bits per heavy atom. The molecule has 6 rings (SSSR count). The number of amides is 1. The number of fused-ring (bicyclic) bond motifs is 1. The lowest BCUT2D eigenvalue weighted by atomic mass is 10.0. The van der Waals surface area contributed by atoms with Crippen LogP contribution < -0.4 is 4.90 Å². The van der Waals surface area contributed by atoms with Crippen molar-refractivity contribution in [3.05, 3.63) is 78.5 Å². The molecule has 2 saturated heterocycles. The maximum atomic E-state index is 13.1. The number of rotatable bonds is 4. The topological polar surface area (TPSA) is 68.4 Å². The number of carbonyl (C=O) groups excluding carboxylic acids is 1. The Bertz CT molecular complexity index is 1260. The Balaban J connectivity index is 1.07. The maximum Gasteiger partial charge on any atom is 0.254 e. The van der Waals surface area contributed by atoms with Gasteiger partial charge in [0.1, 0.15) is 11.6 Å². The summed E-state index contributed by atoms with van der Waals surface area (Å²) in [5, 5.41) is 0. The molecule has 4 aromatic rings. The highest BCUT2D eigenvalue weighted by molar-refractivity contribution is 5.98. The first-order valence-corrected chi connectivity index (χ1v) is 11.5. The number of nitrogens with one attached hydrogen (secondary N) is 1. The van der Waals surface area contributed by atoms with Crippen LogP contribution in [0.1, 0.15) is 10.4 Å². The third-order valence-corrected chi connectivity index (χ3v) is 6.73. The molecule has 4 heterocycles. The number of H-pyrrole nitrogens is 1. The van der Waals surface area contributed by atoms with E-state index >= 15 is 0 Å². The highest BCUT2D eigenvalue weighted by Crippen LogP contribution is 2.24. The summed E-state index contributed by atoms with van der Waals surface area (Å²) in [5.74, 6) is 1.97. The van der Waals surface area contributed by atoms with Crippen LogP contribution in [0.25, 0.3) is 22.4 Å². The van der Waals surface area contributed by atoms with E-state index in [2.05, 4.69) is 30.8 Å². The predicted molar refractivity (Wildman–Crippen MR) is 129 cm³/mol. The Morgan fingerprint density at radius 2 is 1.70 bits per heavy atom. The monoisotopic (exact) mass is 438 g/mol. The molecular formula is C26H26N6O. The fourth-order valence-corrected chi connectivity index (χ4v) is 4.77. The van der Waals surface area contributed by atoms with Crippen LogP contribution in [-0.2, 0) is 0 Å². The van der Waals surface area contributed by atoms with Gasteiger partial charge >= 0.3 is 0 Å². The molecule has 33 heavy (non-hydrogen) atoms. The average Bonchev–Trinajstić information content (AvgIpc) is 3.28. The van der Waals surface area contributed by atoms with Crippen molar-refractivity contribution < 1.29 is 4.79 Å². The number of pyridine rings is 1. The molecule has 2 aromatic carbocycles. The van der Waals surface area contributed by atoms with Gasteiger partial charge in [0.2, 0.25) is 0 Å². The third-order valence-electron chi connectivity index (χ3n) is 6.73. The zero-order valence-electron chi connectivity index (χ0n) is 18.4. The maximum absolute atomic E-state index is 13.1. The van der Waals surface area contributed by atoms with Gasteiger partial charge in [0.05, 0.1) is 11.0 Å². The van der Waals surface area contributed by atoms with Crippen LogP contribution in [0.15, 0.2) is 72.9 Å². The van der Waals surface area contributed by atoms with E-state index in [0.29, 0.717) is 11.6 Å². The molecule has 166 valence electrons. The van der Waals surface area contributed by atoms with Gasteiger partial charge in [-0.2, -0.15) is 0 Å². The minimum atomic E-state index is 0.0936. The van der Waals surface area contributed by atoms with Crippen molar-refractivity contribution in [3.8, 4) is 11.4 Å². The standard InChI is InChI=1S/C26H26N6O/c33-26(20-9-10-22-23(16-20)29-25(28-22)19-6-2-1-3-7-19)32-17-21(18-32)30-12-14-31(15-13-30)24-8-4-5-11-27-24/h1-11,16,21H,12-15,17-18H2,(H,28,29). The predicted octanol–water partition coefficient (Wildman–Crippen LogP) is 3.27. The van der Waals surface area contributed by atoms with Crippen LogP contribution in [-0.4, -0.2) is 76.0 Å². The first-order chi connectivity index (χ1) is 16.2. The van der Waals surface area contributed by atoms with Crippen molar-refractivity contribution in [2.75, 3.05) is 44.2 Å². The minimum absolute atomic E-state index is 0.0936. The number of piperazine rings is 1. The summed E-state index contributed by atoms with van der Waals surface area (Å²) in [6.45, 7) is 5.54. The van der Waals surface area contributed by atoms with Gasteiger partial charge < -0.3 is 14.8 Å². The number of anilines is 1. The van der Waals surface area contributed by atoms with Crippen molar-refractivity contribution in [1.82, 2.24) is 24.8 Å². The van der Waals surface area contributed by atoms with Crippen LogP contribution in [0.5, 0.6) is 0 Å². The summed E-state index contributed by atoms with van der Waals surface area (Å²) in [7, 11) is 0. The largest absolute Gasteiger partial charge is 0.354 e. The summed E-state index contributed by atoms with van der Waals surface area (Å²) >= 11 is 0. The Hall–Kier alpha value is -3.71. The number of aromatic nitrogens is 3. The smallest absolute Gasteiger partial charge is 0.254 e. The van der Waals surface area contributed by atoms with Crippen molar-refractivity contribution >= 4 is 22.8 Å². The van der Waals surface area contributed by atoms with E-state index in [1.54, 1.807) is 0 Å². The number of nitrogens with zero attached hydrogens (tertiary/aromatic N) is 5. The van der Waals surface area contributed by atoms with E-state index in [-0.39, 0.29) is 5.91 Å². The minimum Gasteiger partial charge on any atom is -0.354 e. The number of benzene rings is 2. The molecule has 0 aliphatic carbocycles. The van der Waals surface area contributed by atoms with Gasteiger partial charge in [-0.3, -0.25) is 9.69 Å². The number of likely N-dealkylation sites (tertiary alicyclic amines) is 1. The number of hydrogen-bond donors (Lipinski definition) is 1. The molecule has 2 aliphatic rings. The van der Waals surface area contributed by atoms with Gasteiger partial charge in [-0.15, -0.1) is 0 Å². The van der Waals surface area contributed by atoms with E-state index in [4.69, 9.17) is 0 Å². The summed E-state index contributed by atoms with van der Waals surface area (Å²) in [5.41, 5.74) is 3.51. The van der Waals surface area contributed by atoms with Gasteiger partial charge in [-0.05, 0) is 30.3 Å². The zero-order valence-corrected chi connectivity index (χ0v) is 18.4. The molecule has 0 radical (unpaired) electrons. The van der Waals surface area contributed by atoms with Gasteiger partial charge in [-0.1, -0.05) is 36.4 Å². The fraction of sp³-hybridized carbons (Fsp3) is 0.269. The molecule has 1 N–H and O–H groups in total. The van der Waals surface area contributed by atoms with Crippen LogP contribution in [0.3, 0.4) is 0 Å². The number of aromatic amines is 1. The first-order valence-electron chi connectivity index (χ1n) is 11.5. The molecule has 7 heteroatoms. The fourth-order valence-electron chi connectivity index (χ4n) is 4.77. The molecule has 0 saturated carbocycles. The highest BCUT2D eigenvalue weighted by atomic mass is 16.2. The van der Waals surface area contributed by atoms with Crippen molar-refractivity contribution in [2.24, 2.45) is 0 Å². The summed E-state index contributed by atoms with van der Waals surface area (Å²) < 4.78 is 0. The van der Waals surface area contributed by atoms with Crippen LogP contribution in [0, 0.1) is 0 Å². The lowest BCUT2D eigenvalue weighted by Crippen LogP contribution is -2.64. The Kier molecular flexibility index (Phi) is 5.03. The van der Waals surface area contributed by atoms with E-state index < -0.39 is 0 Å². The molecule has 1 amide bonds. The summed E-state index contributed by atoms with van der Waals surface area (Å²) in [4.78, 5) is 32.4. The second-order valence-electron chi connectivity index (χ2n) is 8.76. The number of imidazole rings is 1. The van der Waals surface area contributed by atoms with Crippen molar-refractivity contribution in [2.45, 2.75) is 6.04 Å². The highest BCUT2D eigenvalue weighted by Gasteiger charge is 2.36. The molecule has 0 unspecified atom stereocenters. The molecule has 2 fully saturated rings. The van der Waals surface area contributed by atoms with E-state index in [1.807, 2.05) is 71.8 Å². The van der Waals surface area contributed by atoms with Crippen molar-refractivity contribution in [1.29, 1.82) is 0 Å². The van der Waals surface area contributed by atoms with Gasteiger partial charge in [-0.25, -0.2) is 9.97 Å². The second kappa shape index (κ2) is 8.33. The molecular weight excluding hydrogens is 412 g/mol. The van der Waals surface area contributed by atoms with Gasteiger partial charge in [0.25, 0.3) is 5.91 Å². The lowest BCUT2D eigenvalue weighted by Gasteiger charge is -2.48. The van der Waals surface area contributed by atoms with E-state index in [0.717, 1.165) is 67.5 Å². The summed E-state index contributed by atoms with van der Waals surface area (Å²) in [6.07, 6.45) is 1.85. The quantitative estimate of drug-likeness (QED) is 0.530. The molecule has 0 bridgehead atoms. The summed E-state index contributed by atoms with van der Waals surface area (Å²) in [6, 6.07) is 22.3. The van der Waals surface area contributed by atoms with Crippen molar-refractivity contribution in [3.63, 3.8) is 0 Å². The first kappa shape index (κ1) is 19.9. The van der Waals surface area contributed by atoms with Crippen LogP contribution >= 0.6 is 0 Å². The molecule has 0 spiro atoms. The van der Waals surface area contributed by atoms with Crippen LogP contribution in [0.2, 0.25) is 0 Å². The van der Waals surface area contributed by atoms with Gasteiger partial charge in [0.15, 0.2) is 0 Å². The Labute approximate surface area is 192 Å².